The third kappa shape index (κ3) is 5.57. The molecule has 0 aliphatic rings. The first kappa shape index (κ1) is 23.5. The van der Waals surface area contributed by atoms with Crippen LogP contribution < -0.4 is 10.6 Å². The van der Waals surface area contributed by atoms with Gasteiger partial charge in [-0.3, -0.25) is 19.4 Å². The fourth-order valence-corrected chi connectivity index (χ4v) is 5.39. The molecule has 1 aromatic carbocycles. The zero-order valence-corrected chi connectivity index (χ0v) is 20.4. The Morgan fingerprint density at radius 2 is 1.19 bits per heavy atom. The van der Waals surface area contributed by atoms with E-state index >= 15 is 0 Å². The summed E-state index contributed by atoms with van der Waals surface area (Å²) < 4.78 is 1.99. The molecule has 2 amide bonds. The van der Waals surface area contributed by atoms with Crippen LogP contribution in [0.2, 0.25) is 0 Å². The van der Waals surface area contributed by atoms with Crippen molar-refractivity contribution in [3.63, 3.8) is 0 Å². The summed E-state index contributed by atoms with van der Waals surface area (Å²) in [6.45, 7) is 14.2. The lowest BCUT2D eigenvalue weighted by molar-refractivity contribution is -0.118. The Bertz CT molecular complexity index is 988. The Kier molecular flexibility index (Phi) is 7.93. The Morgan fingerprint density at radius 1 is 0.806 bits per heavy atom. The van der Waals surface area contributed by atoms with Gasteiger partial charge in [0.15, 0.2) is 10.3 Å². The average Bonchev–Trinajstić information content (AvgIpc) is 3.33. The number of hydrogen-bond acceptors (Lipinski definition) is 8. The number of carbonyl (C=O) groups is 2. The van der Waals surface area contributed by atoms with Crippen molar-refractivity contribution in [2.75, 3.05) is 49.9 Å². The zero-order chi connectivity index (χ0) is 22.5. The normalized spacial score (nSPS) is 11.7. The molecule has 0 atom stereocenters. The molecule has 2 N–H and O–H groups in total. The monoisotopic (exact) mass is 462 g/mol. The molecule has 2 aromatic heterocycles. The van der Waals surface area contributed by atoms with E-state index in [-0.39, 0.29) is 11.8 Å². The molecule has 0 saturated heterocycles. The van der Waals surface area contributed by atoms with Gasteiger partial charge in [0.2, 0.25) is 11.8 Å². The predicted octanol–water partition coefficient (Wildman–Crippen LogP) is 3.78. The average molecular weight is 463 g/mol. The molecule has 2 heterocycles. The van der Waals surface area contributed by atoms with E-state index in [1.807, 2.05) is 40.7 Å². The summed E-state index contributed by atoms with van der Waals surface area (Å²) in [4.78, 5) is 38.0. The quantitative estimate of drug-likeness (QED) is 0.477. The van der Waals surface area contributed by atoms with E-state index in [0.717, 1.165) is 52.2 Å². The molecule has 0 aliphatic carbocycles. The highest BCUT2D eigenvalue weighted by Crippen LogP contribution is 2.36. The fourth-order valence-electron chi connectivity index (χ4n) is 3.35. The van der Waals surface area contributed by atoms with Crippen molar-refractivity contribution in [1.82, 2.24) is 19.8 Å². The molecule has 0 fully saturated rings. The first-order valence-electron chi connectivity index (χ1n) is 10.6. The van der Waals surface area contributed by atoms with Crippen LogP contribution in [0.4, 0.5) is 10.3 Å². The van der Waals surface area contributed by atoms with Gasteiger partial charge in [-0.15, -0.1) is 0 Å². The molecular formula is C21H30N6O2S2. The minimum atomic E-state index is -0.0569. The van der Waals surface area contributed by atoms with Crippen molar-refractivity contribution in [2.24, 2.45) is 0 Å². The zero-order valence-electron chi connectivity index (χ0n) is 18.7. The molecule has 31 heavy (non-hydrogen) atoms. The van der Waals surface area contributed by atoms with Gasteiger partial charge in [0.1, 0.15) is 0 Å². The van der Waals surface area contributed by atoms with Crippen molar-refractivity contribution >= 4 is 65.2 Å². The largest absolute Gasteiger partial charge is 0.301 e. The highest BCUT2D eigenvalue weighted by Gasteiger charge is 2.17. The second kappa shape index (κ2) is 10.4. The van der Waals surface area contributed by atoms with Crippen LogP contribution in [-0.4, -0.2) is 70.9 Å². The van der Waals surface area contributed by atoms with Gasteiger partial charge in [-0.2, -0.15) is 0 Å². The van der Waals surface area contributed by atoms with Gasteiger partial charge in [-0.25, -0.2) is 9.97 Å². The SMILES string of the molecule is CCN(CC)CC(=O)Nc1nc2c(C)c3nc(NC(=O)CN(CC)CC)sc3cc2s1. The van der Waals surface area contributed by atoms with E-state index in [9.17, 15) is 9.59 Å². The van der Waals surface area contributed by atoms with Crippen molar-refractivity contribution in [2.45, 2.75) is 34.6 Å². The maximum atomic E-state index is 12.3. The predicted molar refractivity (Wildman–Crippen MR) is 130 cm³/mol. The number of amides is 2. The van der Waals surface area contributed by atoms with Gasteiger partial charge in [0, 0.05) is 5.56 Å². The Morgan fingerprint density at radius 3 is 1.55 bits per heavy atom. The number of aryl methyl sites for hydroxylation is 1. The molecule has 0 aliphatic heterocycles. The van der Waals surface area contributed by atoms with Gasteiger partial charge in [-0.1, -0.05) is 50.4 Å². The maximum absolute atomic E-state index is 12.3. The van der Waals surface area contributed by atoms with Crippen LogP contribution in [0.1, 0.15) is 33.3 Å². The number of aromatic nitrogens is 2. The van der Waals surface area contributed by atoms with Crippen molar-refractivity contribution < 1.29 is 9.59 Å². The Labute approximate surface area is 190 Å². The summed E-state index contributed by atoms with van der Waals surface area (Å²) in [6, 6.07) is 2.03. The lowest BCUT2D eigenvalue weighted by atomic mass is 10.2. The van der Waals surface area contributed by atoms with Gasteiger partial charge >= 0.3 is 0 Å². The van der Waals surface area contributed by atoms with E-state index in [1.54, 1.807) is 0 Å². The maximum Gasteiger partial charge on any atom is 0.240 e. The molecule has 3 rings (SSSR count). The van der Waals surface area contributed by atoms with Gasteiger partial charge in [0.25, 0.3) is 0 Å². The van der Waals surface area contributed by atoms with Crippen LogP contribution in [-0.2, 0) is 9.59 Å². The summed E-state index contributed by atoms with van der Waals surface area (Å²) in [5.74, 6) is -0.114. The van der Waals surface area contributed by atoms with Crippen molar-refractivity contribution in [3.8, 4) is 0 Å². The highest BCUT2D eigenvalue weighted by molar-refractivity contribution is 7.24. The molecule has 0 bridgehead atoms. The summed E-state index contributed by atoms with van der Waals surface area (Å²) in [7, 11) is 0. The molecule has 0 saturated carbocycles. The number of anilines is 2. The molecule has 168 valence electrons. The minimum absolute atomic E-state index is 0.0569. The first-order chi connectivity index (χ1) is 14.9. The van der Waals surface area contributed by atoms with Crippen LogP contribution in [0, 0.1) is 6.92 Å². The third-order valence-corrected chi connectivity index (χ3v) is 7.13. The van der Waals surface area contributed by atoms with Crippen molar-refractivity contribution in [1.29, 1.82) is 0 Å². The summed E-state index contributed by atoms with van der Waals surface area (Å²) in [6.07, 6.45) is 0. The van der Waals surface area contributed by atoms with E-state index in [1.165, 1.54) is 22.7 Å². The smallest absolute Gasteiger partial charge is 0.240 e. The second-order valence-electron chi connectivity index (χ2n) is 7.25. The molecule has 0 spiro atoms. The summed E-state index contributed by atoms with van der Waals surface area (Å²) in [5.41, 5.74) is 2.62. The minimum Gasteiger partial charge on any atom is -0.301 e. The van der Waals surface area contributed by atoms with Crippen LogP contribution in [0.5, 0.6) is 0 Å². The number of fused-ring (bicyclic) bond motifs is 2. The summed E-state index contributed by atoms with van der Waals surface area (Å²) >= 11 is 2.92. The van der Waals surface area contributed by atoms with E-state index in [2.05, 4.69) is 30.4 Å². The van der Waals surface area contributed by atoms with E-state index in [4.69, 9.17) is 0 Å². The number of nitrogens with zero attached hydrogens (tertiary/aromatic N) is 4. The lowest BCUT2D eigenvalue weighted by Crippen LogP contribution is -2.32. The Hall–Kier alpha value is -2.14. The summed E-state index contributed by atoms with van der Waals surface area (Å²) in [5, 5.41) is 7.03. The molecule has 3 aromatic rings. The third-order valence-electron chi connectivity index (χ3n) is 5.30. The molecule has 0 unspecified atom stereocenters. The number of benzene rings is 1. The van der Waals surface area contributed by atoms with E-state index < -0.39 is 0 Å². The second-order valence-corrected chi connectivity index (χ2v) is 9.31. The van der Waals surface area contributed by atoms with Crippen LogP contribution >= 0.6 is 22.7 Å². The number of hydrogen-bond donors (Lipinski definition) is 2. The number of nitrogens with one attached hydrogen (secondary N) is 2. The molecule has 10 heteroatoms. The Balaban J connectivity index is 1.78. The first-order valence-corrected chi connectivity index (χ1v) is 12.3. The van der Waals surface area contributed by atoms with Crippen LogP contribution in [0.25, 0.3) is 20.4 Å². The molecular weight excluding hydrogens is 432 g/mol. The molecule has 0 radical (unpaired) electrons. The number of thiazole rings is 2. The van der Waals surface area contributed by atoms with E-state index in [0.29, 0.717) is 23.4 Å². The van der Waals surface area contributed by atoms with Crippen LogP contribution in [0.15, 0.2) is 6.07 Å². The van der Waals surface area contributed by atoms with Gasteiger partial charge < -0.3 is 10.6 Å². The lowest BCUT2D eigenvalue weighted by Gasteiger charge is -2.16. The number of rotatable bonds is 10. The molecule has 8 nitrogen and oxygen atoms in total. The van der Waals surface area contributed by atoms with Crippen molar-refractivity contribution in [3.05, 3.63) is 11.6 Å². The van der Waals surface area contributed by atoms with Gasteiger partial charge in [-0.05, 0) is 39.2 Å². The van der Waals surface area contributed by atoms with Gasteiger partial charge in [0.05, 0.1) is 33.5 Å². The van der Waals surface area contributed by atoms with Crippen LogP contribution in [0.3, 0.4) is 0 Å². The number of carbonyl (C=O) groups excluding carboxylic acids is 2. The number of likely N-dealkylation sites (N-methyl/N-ethyl adjacent to an activating group) is 2. The topological polar surface area (TPSA) is 90.5 Å². The highest BCUT2D eigenvalue weighted by atomic mass is 32.1. The fraction of sp³-hybridized carbons (Fsp3) is 0.524. The standard InChI is InChI=1S/C21H30N6O2S2/c1-6-26(7-2)11-16(28)22-20-24-18-13(5)19-15(10-14(18)30-20)31-21(25-19)23-17(29)12-27(8-3)9-4/h10H,6-9,11-12H2,1-5H3,(H,22,24,28)(H,23,25,29).